The molecule has 14 heavy (non-hydrogen) atoms. The molecule has 4 heteroatoms. The molecule has 1 aromatic carbocycles. The second-order valence-electron chi connectivity index (χ2n) is 3.37. The summed E-state index contributed by atoms with van der Waals surface area (Å²) in [5.74, 6) is -0.0774. The highest BCUT2D eigenvalue weighted by Crippen LogP contribution is 2.11. The van der Waals surface area contributed by atoms with Gasteiger partial charge < -0.3 is 0 Å². The molecule has 0 aliphatic carbocycles. The Kier molecular flexibility index (Phi) is 3.29. The van der Waals surface area contributed by atoms with E-state index in [1.807, 2.05) is 32.0 Å². The van der Waals surface area contributed by atoms with Crippen molar-refractivity contribution in [2.45, 2.75) is 19.6 Å². The molecule has 0 aromatic heterocycles. The molecule has 0 saturated carbocycles. The fraction of sp³-hybridized carbons (Fsp3) is 0.300. The van der Waals surface area contributed by atoms with Crippen LogP contribution in [0.1, 0.15) is 16.7 Å². The normalized spacial score (nSPS) is 11.6. The lowest BCUT2D eigenvalue weighted by molar-refractivity contribution is 0.589. The predicted molar refractivity (Wildman–Crippen MR) is 56.0 cm³/mol. The first kappa shape index (κ1) is 11.2. The lowest BCUT2D eigenvalue weighted by Gasteiger charge is -2.05. The molecule has 76 valence electrons. The van der Waals surface area contributed by atoms with E-state index >= 15 is 0 Å². The Hall–Kier alpha value is -0.870. The standard InChI is InChI=1S/C10H13NO2S/c1-8-4-9(2)6-10(5-8)7-14(12,13)11-3/h3-6,11H,7H2,1-2H3. The molecule has 1 rings (SSSR count). The number of nitrogens with one attached hydrogen (secondary N) is 1. The fourth-order valence-corrected chi connectivity index (χ4v) is 2.10. The Bertz CT molecular complexity index is 403. The number of sulfonamides is 1. The highest BCUT2D eigenvalue weighted by molar-refractivity contribution is 7.88. The van der Waals surface area contributed by atoms with E-state index in [0.29, 0.717) is 0 Å². The topological polar surface area (TPSA) is 46.2 Å². The number of benzene rings is 1. The van der Waals surface area contributed by atoms with Gasteiger partial charge in [0.15, 0.2) is 0 Å². The van der Waals surface area contributed by atoms with Crippen LogP contribution in [0.2, 0.25) is 0 Å². The van der Waals surface area contributed by atoms with Gasteiger partial charge in [-0.2, -0.15) is 0 Å². The minimum Gasteiger partial charge on any atom is -0.212 e. The van der Waals surface area contributed by atoms with Gasteiger partial charge in [0.1, 0.15) is 0 Å². The summed E-state index contributed by atoms with van der Waals surface area (Å²) in [6, 6.07) is 5.66. The van der Waals surface area contributed by atoms with E-state index < -0.39 is 10.0 Å². The van der Waals surface area contributed by atoms with Gasteiger partial charge in [0.05, 0.1) is 12.8 Å². The van der Waals surface area contributed by atoms with Crippen LogP contribution in [0.3, 0.4) is 0 Å². The maximum atomic E-state index is 11.2. The monoisotopic (exact) mass is 211 g/mol. The quantitative estimate of drug-likeness (QED) is 0.768. The van der Waals surface area contributed by atoms with E-state index in [1.165, 1.54) is 0 Å². The first-order valence-corrected chi connectivity index (χ1v) is 5.85. The van der Waals surface area contributed by atoms with Gasteiger partial charge >= 0.3 is 0 Å². The highest BCUT2D eigenvalue weighted by atomic mass is 32.2. The van der Waals surface area contributed by atoms with Crippen molar-refractivity contribution in [1.82, 2.24) is 4.72 Å². The van der Waals surface area contributed by atoms with Crippen LogP contribution in [0.15, 0.2) is 18.2 Å². The van der Waals surface area contributed by atoms with Crippen LogP contribution >= 0.6 is 0 Å². The zero-order valence-electron chi connectivity index (χ0n) is 8.24. The Balaban J connectivity index is 2.98. The minimum atomic E-state index is -3.38. The van der Waals surface area contributed by atoms with E-state index in [2.05, 4.69) is 0 Å². The Labute approximate surface area is 85.2 Å². The van der Waals surface area contributed by atoms with Crippen LogP contribution in [-0.2, 0) is 15.8 Å². The van der Waals surface area contributed by atoms with Gasteiger partial charge in [-0.3, -0.25) is 0 Å². The van der Waals surface area contributed by atoms with Gasteiger partial charge in [-0.1, -0.05) is 29.3 Å². The lowest BCUT2D eigenvalue weighted by Crippen LogP contribution is -2.18. The van der Waals surface area contributed by atoms with Crippen molar-refractivity contribution in [3.05, 3.63) is 41.9 Å². The molecule has 0 aliphatic heterocycles. The molecule has 0 atom stereocenters. The van der Waals surface area contributed by atoms with Gasteiger partial charge in [0.25, 0.3) is 0 Å². The third-order valence-electron chi connectivity index (χ3n) is 1.82. The first-order chi connectivity index (χ1) is 6.43. The molecule has 3 nitrogen and oxygen atoms in total. The molecular formula is C10H13NO2S. The molecule has 0 aliphatic rings. The third kappa shape index (κ3) is 3.12. The second-order valence-corrected chi connectivity index (χ2v) is 5.13. The summed E-state index contributed by atoms with van der Waals surface area (Å²) in [5.41, 5.74) is 2.85. The SMILES string of the molecule is [CH]NS(=O)(=O)Cc1cc(C)cc(C)c1. The summed E-state index contributed by atoms with van der Waals surface area (Å²) < 4.78 is 24.1. The van der Waals surface area contributed by atoms with Gasteiger partial charge in [-0.05, 0) is 19.4 Å². The lowest BCUT2D eigenvalue weighted by atomic mass is 10.1. The maximum absolute atomic E-state index is 11.2. The number of hydrogen-bond acceptors (Lipinski definition) is 2. The van der Waals surface area contributed by atoms with Crippen molar-refractivity contribution in [2.24, 2.45) is 0 Å². The first-order valence-electron chi connectivity index (χ1n) is 4.20. The molecular weight excluding hydrogens is 198 g/mol. The Morgan fingerprint density at radius 2 is 1.71 bits per heavy atom. The number of rotatable bonds is 3. The van der Waals surface area contributed by atoms with Crippen LogP contribution in [0.4, 0.5) is 0 Å². The van der Waals surface area contributed by atoms with E-state index in [9.17, 15) is 8.42 Å². The number of aryl methyl sites for hydroxylation is 2. The van der Waals surface area contributed by atoms with Crippen LogP contribution < -0.4 is 4.72 Å². The maximum Gasteiger partial charge on any atom is 0.216 e. The highest BCUT2D eigenvalue weighted by Gasteiger charge is 2.08. The molecule has 0 fully saturated rings. The van der Waals surface area contributed by atoms with E-state index in [0.717, 1.165) is 16.7 Å². The molecule has 0 heterocycles. The van der Waals surface area contributed by atoms with Crippen molar-refractivity contribution in [1.29, 1.82) is 0 Å². The smallest absolute Gasteiger partial charge is 0.212 e. The molecule has 0 saturated heterocycles. The van der Waals surface area contributed by atoms with Crippen LogP contribution in [0.25, 0.3) is 0 Å². The van der Waals surface area contributed by atoms with Crippen LogP contribution in [-0.4, -0.2) is 8.42 Å². The summed E-state index contributed by atoms with van der Waals surface area (Å²) in [5, 5.41) is 0. The van der Waals surface area contributed by atoms with E-state index in [4.69, 9.17) is 7.05 Å². The zero-order valence-corrected chi connectivity index (χ0v) is 9.06. The van der Waals surface area contributed by atoms with Gasteiger partial charge in [-0.25, -0.2) is 13.1 Å². The Morgan fingerprint density at radius 3 is 2.14 bits per heavy atom. The zero-order chi connectivity index (χ0) is 10.8. The second kappa shape index (κ2) is 4.11. The van der Waals surface area contributed by atoms with E-state index in [-0.39, 0.29) is 5.75 Å². The summed E-state index contributed by atoms with van der Waals surface area (Å²) in [6.45, 7) is 3.86. The summed E-state index contributed by atoms with van der Waals surface area (Å²) >= 11 is 0. The van der Waals surface area contributed by atoms with Crippen molar-refractivity contribution in [3.8, 4) is 0 Å². The average Bonchev–Trinajstić information content (AvgIpc) is 2.01. The van der Waals surface area contributed by atoms with E-state index in [1.54, 1.807) is 4.72 Å². The third-order valence-corrected chi connectivity index (χ3v) is 2.89. The molecule has 0 bridgehead atoms. The van der Waals surface area contributed by atoms with Gasteiger partial charge in [0.2, 0.25) is 10.0 Å². The summed E-state index contributed by atoms with van der Waals surface area (Å²) in [7, 11) is 1.51. The summed E-state index contributed by atoms with van der Waals surface area (Å²) in [4.78, 5) is 0. The molecule has 1 N–H and O–H groups in total. The van der Waals surface area contributed by atoms with Crippen molar-refractivity contribution in [2.75, 3.05) is 0 Å². The van der Waals surface area contributed by atoms with Crippen molar-refractivity contribution < 1.29 is 8.42 Å². The van der Waals surface area contributed by atoms with Crippen molar-refractivity contribution >= 4 is 10.0 Å². The molecule has 0 amide bonds. The van der Waals surface area contributed by atoms with Crippen molar-refractivity contribution in [3.63, 3.8) is 0 Å². The van der Waals surface area contributed by atoms with Gasteiger partial charge in [-0.15, -0.1) is 0 Å². The minimum absolute atomic E-state index is 0.0774. The molecule has 1 aromatic rings. The molecule has 2 radical (unpaired) electrons. The Morgan fingerprint density at radius 1 is 1.21 bits per heavy atom. The largest absolute Gasteiger partial charge is 0.216 e. The molecule has 0 unspecified atom stereocenters. The van der Waals surface area contributed by atoms with Gasteiger partial charge in [0, 0.05) is 0 Å². The molecule has 0 spiro atoms. The fourth-order valence-electron chi connectivity index (χ4n) is 1.41. The average molecular weight is 211 g/mol. The predicted octanol–water partition coefficient (Wildman–Crippen LogP) is 1.39. The number of hydrogen-bond donors (Lipinski definition) is 1. The summed E-state index contributed by atoms with van der Waals surface area (Å²) in [6.07, 6.45) is 0. The van der Waals surface area contributed by atoms with Crippen LogP contribution in [0.5, 0.6) is 0 Å². The van der Waals surface area contributed by atoms with Crippen LogP contribution in [0, 0.1) is 20.9 Å².